The first-order valence-corrected chi connectivity index (χ1v) is 8.25. The minimum atomic E-state index is -0.549. The van der Waals surface area contributed by atoms with Crippen LogP contribution in [0.2, 0.25) is 0 Å². The summed E-state index contributed by atoms with van der Waals surface area (Å²) in [5.74, 6) is 0.117. The summed E-state index contributed by atoms with van der Waals surface area (Å²) >= 11 is 0. The summed E-state index contributed by atoms with van der Waals surface area (Å²) < 4.78 is 6.00. The van der Waals surface area contributed by atoms with Gasteiger partial charge in [-0.1, -0.05) is 62.4 Å². The SMILES string of the molecule is CC(=O)OC1(C)C2c3ccccc3C(c3ccccc32)C1(C)C. The van der Waals surface area contributed by atoms with E-state index in [4.69, 9.17) is 4.74 Å². The van der Waals surface area contributed by atoms with Crippen LogP contribution in [-0.4, -0.2) is 11.6 Å². The van der Waals surface area contributed by atoms with Gasteiger partial charge >= 0.3 is 5.97 Å². The first-order chi connectivity index (χ1) is 10.9. The first kappa shape index (κ1) is 14.5. The average Bonchev–Trinajstić information content (AvgIpc) is 2.49. The maximum absolute atomic E-state index is 11.9. The highest BCUT2D eigenvalue weighted by atomic mass is 16.6. The molecule has 0 fully saturated rings. The van der Waals surface area contributed by atoms with E-state index in [1.807, 2.05) is 0 Å². The molecule has 2 heteroatoms. The van der Waals surface area contributed by atoms with E-state index in [0.29, 0.717) is 0 Å². The number of ether oxygens (including phenoxy) is 1. The Morgan fingerprint density at radius 1 is 0.826 bits per heavy atom. The molecule has 0 saturated carbocycles. The minimum absolute atomic E-state index is 0.0822. The van der Waals surface area contributed by atoms with Gasteiger partial charge in [0, 0.05) is 24.2 Å². The van der Waals surface area contributed by atoms with Crippen LogP contribution in [0.5, 0.6) is 0 Å². The number of esters is 1. The second kappa shape index (κ2) is 4.47. The zero-order valence-corrected chi connectivity index (χ0v) is 14.1. The zero-order chi connectivity index (χ0) is 16.4. The quantitative estimate of drug-likeness (QED) is 0.718. The van der Waals surface area contributed by atoms with Crippen molar-refractivity contribution in [3.8, 4) is 0 Å². The van der Waals surface area contributed by atoms with Crippen LogP contribution < -0.4 is 0 Å². The third-order valence-corrected chi connectivity index (χ3v) is 6.14. The van der Waals surface area contributed by atoms with Gasteiger partial charge in [-0.25, -0.2) is 0 Å². The van der Waals surface area contributed by atoms with Crippen molar-refractivity contribution in [1.29, 1.82) is 0 Å². The van der Waals surface area contributed by atoms with Gasteiger partial charge in [0.2, 0.25) is 0 Å². The van der Waals surface area contributed by atoms with Crippen molar-refractivity contribution in [3.63, 3.8) is 0 Å². The maximum Gasteiger partial charge on any atom is 0.303 e. The molecule has 0 aliphatic heterocycles. The predicted molar refractivity (Wildman–Crippen MR) is 90.5 cm³/mol. The molecule has 0 saturated heterocycles. The molecule has 2 aromatic carbocycles. The molecule has 3 aliphatic carbocycles. The molecule has 1 unspecified atom stereocenters. The largest absolute Gasteiger partial charge is 0.458 e. The van der Waals surface area contributed by atoms with Crippen molar-refractivity contribution < 1.29 is 9.53 Å². The van der Waals surface area contributed by atoms with Gasteiger partial charge < -0.3 is 4.74 Å². The van der Waals surface area contributed by atoms with Gasteiger partial charge in [-0.05, 0) is 29.2 Å². The summed E-state index contributed by atoms with van der Waals surface area (Å²) in [6.45, 7) is 8.10. The lowest BCUT2D eigenvalue weighted by molar-refractivity contribution is -0.177. The molecule has 1 atom stereocenters. The number of carbonyl (C=O) groups is 1. The lowest BCUT2D eigenvalue weighted by Gasteiger charge is -2.60. The second-order valence-corrected chi connectivity index (χ2v) is 7.55. The summed E-state index contributed by atoms with van der Waals surface area (Å²) in [6.07, 6.45) is 0. The number of hydrogen-bond acceptors (Lipinski definition) is 2. The topological polar surface area (TPSA) is 26.3 Å². The van der Waals surface area contributed by atoms with Gasteiger partial charge in [-0.2, -0.15) is 0 Å². The molecule has 2 nitrogen and oxygen atoms in total. The summed E-state index contributed by atoms with van der Waals surface area (Å²) in [7, 11) is 0. The fourth-order valence-electron chi connectivity index (χ4n) is 4.93. The minimum Gasteiger partial charge on any atom is -0.458 e. The molecule has 5 rings (SSSR count). The van der Waals surface area contributed by atoms with Crippen LogP contribution in [0.25, 0.3) is 0 Å². The molecule has 0 amide bonds. The van der Waals surface area contributed by atoms with Crippen molar-refractivity contribution in [2.24, 2.45) is 5.41 Å². The molecule has 0 aromatic heterocycles. The molecule has 2 bridgehead atoms. The van der Waals surface area contributed by atoms with Crippen LogP contribution in [0.15, 0.2) is 48.5 Å². The Morgan fingerprint density at radius 2 is 1.22 bits per heavy atom. The van der Waals surface area contributed by atoms with Crippen molar-refractivity contribution >= 4 is 5.97 Å². The van der Waals surface area contributed by atoms with Gasteiger partial charge in [-0.15, -0.1) is 0 Å². The monoisotopic (exact) mass is 306 g/mol. The first-order valence-electron chi connectivity index (χ1n) is 8.25. The van der Waals surface area contributed by atoms with E-state index >= 15 is 0 Å². The molecule has 3 aliphatic rings. The predicted octanol–water partition coefficient (Wildman–Crippen LogP) is 4.63. The summed E-state index contributed by atoms with van der Waals surface area (Å²) in [5, 5.41) is 0. The lowest BCUT2D eigenvalue weighted by atomic mass is 9.46. The highest BCUT2D eigenvalue weighted by Gasteiger charge is 2.63. The Morgan fingerprint density at radius 3 is 1.61 bits per heavy atom. The maximum atomic E-state index is 11.9. The van der Waals surface area contributed by atoms with E-state index in [9.17, 15) is 4.79 Å². The third kappa shape index (κ3) is 1.67. The van der Waals surface area contributed by atoms with E-state index in [2.05, 4.69) is 69.3 Å². The zero-order valence-electron chi connectivity index (χ0n) is 14.1. The van der Waals surface area contributed by atoms with E-state index < -0.39 is 5.60 Å². The van der Waals surface area contributed by atoms with Crippen LogP contribution in [0.4, 0.5) is 0 Å². The van der Waals surface area contributed by atoms with Crippen molar-refractivity contribution in [3.05, 3.63) is 70.8 Å². The molecule has 2 aromatic rings. The number of fused-ring (bicyclic) bond motifs is 1. The average molecular weight is 306 g/mol. The van der Waals surface area contributed by atoms with E-state index in [0.717, 1.165) is 0 Å². The molecular formula is C21H22O2. The summed E-state index contributed by atoms with van der Waals surface area (Å²) in [5.41, 5.74) is 4.65. The van der Waals surface area contributed by atoms with E-state index in [1.54, 1.807) is 0 Å². The molecule has 0 radical (unpaired) electrons. The smallest absolute Gasteiger partial charge is 0.303 e. The standard InChI is InChI=1S/C21H22O2/c1-13(22)23-21(4)19-16-11-7-5-9-14(16)18(20(21,2)3)15-10-6-8-12-17(15)19/h5-12,18-19H,1-4H3. The van der Waals surface area contributed by atoms with Crippen molar-refractivity contribution in [1.82, 2.24) is 0 Å². The fraction of sp³-hybridized carbons (Fsp3) is 0.381. The van der Waals surface area contributed by atoms with E-state index in [-0.39, 0.29) is 23.2 Å². The number of carbonyl (C=O) groups excluding carboxylic acids is 1. The van der Waals surface area contributed by atoms with Gasteiger partial charge in [-0.3, -0.25) is 4.79 Å². The second-order valence-electron chi connectivity index (χ2n) is 7.55. The van der Waals surface area contributed by atoms with Crippen LogP contribution in [0.3, 0.4) is 0 Å². The van der Waals surface area contributed by atoms with Gasteiger partial charge in [0.1, 0.15) is 5.60 Å². The molecular weight excluding hydrogens is 284 g/mol. The summed E-state index contributed by atoms with van der Waals surface area (Å²) in [4.78, 5) is 11.9. The molecule has 0 heterocycles. The third-order valence-electron chi connectivity index (χ3n) is 6.14. The Balaban J connectivity index is 2.07. The lowest BCUT2D eigenvalue weighted by Crippen LogP contribution is -2.59. The van der Waals surface area contributed by atoms with Gasteiger partial charge in [0.15, 0.2) is 0 Å². The van der Waals surface area contributed by atoms with E-state index in [1.165, 1.54) is 29.2 Å². The summed E-state index contributed by atoms with van der Waals surface area (Å²) in [6, 6.07) is 17.3. The highest BCUT2D eigenvalue weighted by Crippen LogP contribution is 2.66. The molecule has 23 heavy (non-hydrogen) atoms. The molecule has 118 valence electrons. The Hall–Kier alpha value is -2.09. The van der Waals surface area contributed by atoms with Crippen LogP contribution in [0, 0.1) is 5.41 Å². The number of rotatable bonds is 1. The van der Waals surface area contributed by atoms with Crippen molar-refractivity contribution in [2.75, 3.05) is 0 Å². The number of benzene rings is 2. The highest BCUT2D eigenvalue weighted by molar-refractivity contribution is 5.69. The molecule has 0 N–H and O–H groups in total. The van der Waals surface area contributed by atoms with Crippen LogP contribution in [-0.2, 0) is 9.53 Å². The Labute approximate surface area is 137 Å². The molecule has 0 spiro atoms. The normalized spacial score (nSPS) is 29.6. The van der Waals surface area contributed by atoms with Crippen LogP contribution in [0.1, 0.15) is 61.8 Å². The number of hydrogen-bond donors (Lipinski definition) is 0. The Kier molecular flexibility index (Phi) is 2.82. The van der Waals surface area contributed by atoms with Gasteiger partial charge in [0.05, 0.1) is 0 Å². The Bertz CT molecular complexity index is 757. The van der Waals surface area contributed by atoms with Gasteiger partial charge in [0.25, 0.3) is 0 Å². The fourth-order valence-corrected chi connectivity index (χ4v) is 4.93. The van der Waals surface area contributed by atoms with Crippen LogP contribution >= 0.6 is 0 Å². The van der Waals surface area contributed by atoms with Crippen molar-refractivity contribution in [2.45, 2.75) is 45.1 Å².